The summed E-state index contributed by atoms with van der Waals surface area (Å²) in [6, 6.07) is 13.4. The number of nitrogens with one attached hydrogen (secondary N) is 1. The van der Waals surface area contributed by atoms with Crippen molar-refractivity contribution in [3.05, 3.63) is 53.6 Å². The second kappa shape index (κ2) is 9.23. The molecule has 1 heterocycles. The van der Waals surface area contributed by atoms with Crippen molar-refractivity contribution < 1.29 is 37.3 Å². The molecule has 0 amide bonds. The summed E-state index contributed by atoms with van der Waals surface area (Å²) in [5, 5.41) is 10.4. The fourth-order valence-corrected chi connectivity index (χ4v) is 2.56. The minimum absolute atomic E-state index is 0.338. The lowest BCUT2D eigenvalue weighted by molar-refractivity contribution is -0.192. The molecule has 6 nitrogen and oxygen atoms in total. The van der Waals surface area contributed by atoms with Gasteiger partial charge in [0.1, 0.15) is 12.4 Å². The summed E-state index contributed by atoms with van der Waals surface area (Å²) in [5.74, 6) is -2.25. The van der Waals surface area contributed by atoms with Gasteiger partial charge in [0, 0.05) is 24.2 Å². The van der Waals surface area contributed by atoms with E-state index in [0.29, 0.717) is 12.2 Å². The molecule has 0 aliphatic carbocycles. The zero-order chi connectivity index (χ0) is 20.7. The first-order valence-corrected chi connectivity index (χ1v) is 8.19. The number of esters is 1. The number of alkyl halides is 3. The Balaban J connectivity index is 0.000000345. The zero-order valence-electron chi connectivity index (χ0n) is 14.9. The Hall–Kier alpha value is -3.07. The first-order chi connectivity index (χ1) is 13.3. The number of ether oxygens (including phenoxy) is 2. The van der Waals surface area contributed by atoms with E-state index in [0.717, 1.165) is 35.5 Å². The van der Waals surface area contributed by atoms with Crippen molar-refractivity contribution in [1.82, 2.24) is 5.32 Å². The van der Waals surface area contributed by atoms with Gasteiger partial charge >= 0.3 is 18.1 Å². The third-order valence-electron chi connectivity index (χ3n) is 3.80. The van der Waals surface area contributed by atoms with E-state index >= 15 is 0 Å². The van der Waals surface area contributed by atoms with E-state index in [4.69, 9.17) is 19.4 Å². The van der Waals surface area contributed by atoms with Crippen LogP contribution in [0.3, 0.4) is 0 Å². The van der Waals surface area contributed by atoms with Gasteiger partial charge in [-0.25, -0.2) is 9.59 Å². The van der Waals surface area contributed by atoms with Gasteiger partial charge in [0.15, 0.2) is 0 Å². The molecule has 0 atom stereocenters. The molecule has 150 valence electrons. The highest BCUT2D eigenvalue weighted by atomic mass is 19.4. The second-order valence-electron chi connectivity index (χ2n) is 5.66. The van der Waals surface area contributed by atoms with Crippen molar-refractivity contribution in [3.63, 3.8) is 0 Å². The first-order valence-electron chi connectivity index (χ1n) is 8.19. The lowest BCUT2D eigenvalue weighted by atomic mass is 9.96. The van der Waals surface area contributed by atoms with Gasteiger partial charge in [0.05, 0.1) is 12.7 Å². The zero-order valence-corrected chi connectivity index (χ0v) is 14.9. The number of para-hydroxylation sites is 1. The first kappa shape index (κ1) is 21.2. The summed E-state index contributed by atoms with van der Waals surface area (Å²) in [5.41, 5.74) is 3.42. The number of carboxylic acid groups (broad SMARTS) is 1. The molecule has 0 bridgehead atoms. The molecule has 1 aliphatic rings. The molecule has 0 aromatic heterocycles. The Morgan fingerprint density at radius 1 is 1.11 bits per heavy atom. The van der Waals surface area contributed by atoms with E-state index in [2.05, 4.69) is 5.32 Å². The number of fused-ring (bicyclic) bond motifs is 1. The Bertz CT molecular complexity index is 852. The normalized spacial score (nSPS) is 13.1. The summed E-state index contributed by atoms with van der Waals surface area (Å²) >= 11 is 0. The van der Waals surface area contributed by atoms with Crippen molar-refractivity contribution >= 4 is 11.9 Å². The minimum Gasteiger partial charge on any atom is -0.491 e. The number of carbonyl (C=O) groups is 2. The molecule has 2 aromatic rings. The minimum atomic E-state index is -5.08. The molecule has 9 heteroatoms. The van der Waals surface area contributed by atoms with Crippen LogP contribution in [0, 0.1) is 0 Å². The maximum Gasteiger partial charge on any atom is 0.490 e. The molecule has 0 unspecified atom stereocenters. The van der Waals surface area contributed by atoms with E-state index in [1.165, 1.54) is 7.11 Å². The fourth-order valence-electron chi connectivity index (χ4n) is 2.56. The molecule has 0 fully saturated rings. The quantitative estimate of drug-likeness (QED) is 0.757. The van der Waals surface area contributed by atoms with E-state index in [-0.39, 0.29) is 5.97 Å². The van der Waals surface area contributed by atoms with E-state index < -0.39 is 12.1 Å². The van der Waals surface area contributed by atoms with Gasteiger partial charge in [-0.05, 0) is 11.6 Å². The van der Waals surface area contributed by atoms with E-state index in [1.807, 2.05) is 36.4 Å². The number of carbonyl (C=O) groups excluding carboxylic acids is 1. The van der Waals surface area contributed by atoms with Crippen LogP contribution in [-0.4, -0.2) is 43.5 Å². The summed E-state index contributed by atoms with van der Waals surface area (Å²) in [4.78, 5) is 20.9. The van der Waals surface area contributed by atoms with Gasteiger partial charge in [0.2, 0.25) is 0 Å². The van der Waals surface area contributed by atoms with Gasteiger partial charge in [-0.1, -0.05) is 36.4 Å². The number of methoxy groups -OCH3 is 1. The summed E-state index contributed by atoms with van der Waals surface area (Å²) in [6.07, 6.45) is -5.08. The summed E-state index contributed by atoms with van der Waals surface area (Å²) in [6.45, 7) is 2.20. The van der Waals surface area contributed by atoms with Crippen molar-refractivity contribution in [2.75, 3.05) is 20.3 Å². The largest absolute Gasteiger partial charge is 0.491 e. The fraction of sp³-hybridized carbons (Fsp3) is 0.263. The van der Waals surface area contributed by atoms with Gasteiger partial charge in [-0.15, -0.1) is 0 Å². The van der Waals surface area contributed by atoms with Crippen LogP contribution in [0.5, 0.6) is 5.75 Å². The van der Waals surface area contributed by atoms with Crippen LogP contribution in [0.15, 0.2) is 42.5 Å². The predicted octanol–water partition coefficient (Wildman–Crippen LogP) is 3.26. The third-order valence-corrected chi connectivity index (χ3v) is 3.80. The maximum atomic E-state index is 12.0. The van der Waals surface area contributed by atoms with Gasteiger partial charge in [-0.3, -0.25) is 0 Å². The third kappa shape index (κ3) is 5.23. The number of hydrogen-bond acceptors (Lipinski definition) is 5. The average molecular weight is 397 g/mol. The monoisotopic (exact) mass is 397 g/mol. The van der Waals surface area contributed by atoms with Crippen molar-refractivity contribution in [2.45, 2.75) is 12.7 Å². The molecule has 28 heavy (non-hydrogen) atoms. The number of aliphatic carboxylic acids is 1. The van der Waals surface area contributed by atoms with Gasteiger partial charge in [0.25, 0.3) is 0 Å². The van der Waals surface area contributed by atoms with E-state index in [1.54, 1.807) is 6.07 Å². The van der Waals surface area contributed by atoms with Crippen molar-refractivity contribution in [2.24, 2.45) is 0 Å². The standard InChI is InChI=1S/C17H17NO3.C2HF3O2/c1-20-17(19)15-7-3-2-6-13(15)14-8-4-5-12-11-18-9-10-21-16(12)14;3-2(4,5)1(6)7/h2-8,18H,9-11H2,1H3;(H,6,7). The molecule has 0 spiro atoms. The Labute approximate surface area is 158 Å². The average Bonchev–Trinajstić information content (AvgIpc) is 2.92. The number of rotatable bonds is 2. The van der Waals surface area contributed by atoms with E-state index in [9.17, 15) is 18.0 Å². The SMILES string of the molecule is COC(=O)c1ccccc1-c1cccc2c1OCCNC2.O=C(O)C(F)(F)F. The molecule has 0 radical (unpaired) electrons. The predicted molar refractivity (Wildman–Crippen MR) is 94.1 cm³/mol. The Morgan fingerprint density at radius 2 is 1.75 bits per heavy atom. The highest BCUT2D eigenvalue weighted by Gasteiger charge is 2.38. The summed E-state index contributed by atoms with van der Waals surface area (Å²) in [7, 11) is 1.39. The van der Waals surface area contributed by atoms with Crippen LogP contribution in [-0.2, 0) is 16.1 Å². The highest BCUT2D eigenvalue weighted by molar-refractivity contribution is 5.98. The van der Waals surface area contributed by atoms with Crippen LogP contribution >= 0.6 is 0 Å². The molecule has 2 aromatic carbocycles. The number of carboxylic acids is 1. The van der Waals surface area contributed by atoms with Crippen molar-refractivity contribution in [1.29, 1.82) is 0 Å². The van der Waals surface area contributed by atoms with Crippen LogP contribution in [0.2, 0.25) is 0 Å². The summed E-state index contributed by atoms with van der Waals surface area (Å²) < 4.78 is 42.5. The Kier molecular flexibility index (Phi) is 7.00. The van der Waals surface area contributed by atoms with Crippen LogP contribution in [0.4, 0.5) is 13.2 Å². The van der Waals surface area contributed by atoms with Gasteiger partial charge < -0.3 is 19.9 Å². The topological polar surface area (TPSA) is 84.9 Å². The maximum absolute atomic E-state index is 12.0. The lowest BCUT2D eigenvalue weighted by Gasteiger charge is -2.15. The lowest BCUT2D eigenvalue weighted by Crippen LogP contribution is -2.21. The molecule has 1 aliphatic heterocycles. The number of benzene rings is 2. The second-order valence-corrected chi connectivity index (χ2v) is 5.66. The van der Waals surface area contributed by atoms with Crippen LogP contribution < -0.4 is 10.1 Å². The molecular formula is C19H18F3NO5. The smallest absolute Gasteiger partial charge is 0.490 e. The molecular weight excluding hydrogens is 379 g/mol. The van der Waals surface area contributed by atoms with Crippen molar-refractivity contribution in [3.8, 4) is 16.9 Å². The van der Waals surface area contributed by atoms with Crippen LogP contribution in [0.25, 0.3) is 11.1 Å². The molecule has 2 N–H and O–H groups in total. The molecule has 3 rings (SSSR count). The number of hydrogen-bond donors (Lipinski definition) is 2. The van der Waals surface area contributed by atoms with Gasteiger partial charge in [-0.2, -0.15) is 13.2 Å². The molecule has 0 saturated heterocycles. The molecule has 0 saturated carbocycles. The number of halogens is 3. The highest BCUT2D eigenvalue weighted by Crippen LogP contribution is 2.36. The Morgan fingerprint density at radius 3 is 2.39 bits per heavy atom. The van der Waals surface area contributed by atoms with Crippen LogP contribution in [0.1, 0.15) is 15.9 Å².